The first-order valence-corrected chi connectivity index (χ1v) is 5.60. The molecule has 0 amide bonds. The van der Waals surface area contributed by atoms with Crippen LogP contribution in [0.25, 0.3) is 22.6 Å². The molecule has 2 N–H and O–H groups in total. The molecule has 3 rings (SSSR count). The van der Waals surface area contributed by atoms with Crippen LogP contribution in [0.4, 0.5) is 0 Å². The van der Waals surface area contributed by atoms with Crippen LogP contribution < -0.4 is 0 Å². The van der Waals surface area contributed by atoms with Crippen LogP contribution in [-0.2, 0) is 0 Å². The molecule has 0 spiro atoms. The number of aromatic amines is 1. The molecule has 0 aliphatic rings. The highest BCUT2D eigenvalue weighted by Gasteiger charge is 2.09. The van der Waals surface area contributed by atoms with Gasteiger partial charge in [-0.3, -0.25) is 10.1 Å². The van der Waals surface area contributed by atoms with Crippen molar-refractivity contribution in [3.63, 3.8) is 0 Å². The highest BCUT2D eigenvalue weighted by atomic mass is 16.3. The Kier molecular flexibility index (Phi) is 2.53. The summed E-state index contributed by atoms with van der Waals surface area (Å²) in [5.74, 6) is 0.219. The molecule has 0 atom stereocenters. The Balaban J connectivity index is 2.03. The highest BCUT2D eigenvalue weighted by molar-refractivity contribution is 5.70. The Hall–Kier alpha value is -2.62. The first-order chi connectivity index (χ1) is 8.84. The Morgan fingerprint density at radius 1 is 0.944 bits per heavy atom. The van der Waals surface area contributed by atoms with Gasteiger partial charge in [-0.25, -0.2) is 0 Å². The lowest BCUT2D eigenvalue weighted by molar-refractivity contribution is 0.477. The number of phenols is 1. The van der Waals surface area contributed by atoms with Crippen molar-refractivity contribution >= 4 is 0 Å². The van der Waals surface area contributed by atoms with Crippen molar-refractivity contribution in [1.82, 2.24) is 15.2 Å². The average molecular weight is 237 g/mol. The van der Waals surface area contributed by atoms with E-state index in [0.29, 0.717) is 11.3 Å². The number of hydrogen-bond donors (Lipinski definition) is 2. The molecule has 0 radical (unpaired) electrons. The molecule has 1 aromatic carbocycles. The van der Waals surface area contributed by atoms with Gasteiger partial charge in [0, 0.05) is 11.8 Å². The van der Waals surface area contributed by atoms with Crippen molar-refractivity contribution in [3.05, 3.63) is 54.7 Å². The van der Waals surface area contributed by atoms with Crippen LogP contribution >= 0.6 is 0 Å². The smallest absolute Gasteiger partial charge is 0.125 e. The molecule has 0 fully saturated rings. The zero-order valence-electron chi connectivity index (χ0n) is 9.54. The monoisotopic (exact) mass is 237 g/mol. The second-order valence-electron chi connectivity index (χ2n) is 3.90. The third-order valence-electron chi connectivity index (χ3n) is 2.70. The van der Waals surface area contributed by atoms with Crippen LogP contribution in [0.3, 0.4) is 0 Å². The number of aromatic nitrogens is 3. The lowest BCUT2D eigenvalue weighted by Crippen LogP contribution is -1.80. The molecule has 3 aromatic rings. The first kappa shape index (κ1) is 10.5. The van der Waals surface area contributed by atoms with Gasteiger partial charge in [-0.15, -0.1) is 0 Å². The SMILES string of the molecule is Oc1ccccc1-c1cc(-c2ccccn2)[nH]n1. The molecule has 2 aromatic heterocycles. The van der Waals surface area contributed by atoms with Crippen LogP contribution in [-0.4, -0.2) is 20.3 Å². The third kappa shape index (κ3) is 1.84. The van der Waals surface area contributed by atoms with Crippen LogP contribution in [0.15, 0.2) is 54.7 Å². The van der Waals surface area contributed by atoms with E-state index < -0.39 is 0 Å². The summed E-state index contributed by atoms with van der Waals surface area (Å²) >= 11 is 0. The van der Waals surface area contributed by atoms with Crippen LogP contribution in [0, 0.1) is 0 Å². The molecule has 0 aliphatic carbocycles. The molecule has 0 saturated carbocycles. The number of pyridine rings is 1. The quantitative estimate of drug-likeness (QED) is 0.720. The summed E-state index contributed by atoms with van der Waals surface area (Å²) in [7, 11) is 0. The predicted octanol–water partition coefficient (Wildman–Crippen LogP) is 2.84. The molecule has 2 heterocycles. The number of benzene rings is 1. The van der Waals surface area contributed by atoms with Gasteiger partial charge in [0.1, 0.15) is 5.75 Å². The van der Waals surface area contributed by atoms with E-state index in [0.717, 1.165) is 11.4 Å². The molecule has 0 aliphatic heterocycles. The van der Waals surface area contributed by atoms with Crippen molar-refractivity contribution in [2.24, 2.45) is 0 Å². The zero-order chi connectivity index (χ0) is 12.4. The van der Waals surface area contributed by atoms with Gasteiger partial charge in [0.05, 0.1) is 17.1 Å². The second-order valence-corrected chi connectivity index (χ2v) is 3.90. The summed E-state index contributed by atoms with van der Waals surface area (Å²) in [5, 5.41) is 16.9. The molecule has 4 heteroatoms. The van der Waals surface area contributed by atoms with E-state index in [9.17, 15) is 5.11 Å². The van der Waals surface area contributed by atoms with Crippen molar-refractivity contribution < 1.29 is 5.11 Å². The van der Waals surface area contributed by atoms with E-state index in [2.05, 4.69) is 15.2 Å². The number of H-pyrrole nitrogens is 1. The van der Waals surface area contributed by atoms with E-state index in [1.807, 2.05) is 36.4 Å². The Bertz CT molecular complexity index is 662. The molecule has 18 heavy (non-hydrogen) atoms. The first-order valence-electron chi connectivity index (χ1n) is 5.60. The van der Waals surface area contributed by atoms with Gasteiger partial charge < -0.3 is 5.11 Å². The van der Waals surface area contributed by atoms with Crippen molar-refractivity contribution in [1.29, 1.82) is 0 Å². The minimum Gasteiger partial charge on any atom is -0.507 e. The maximum atomic E-state index is 9.77. The van der Waals surface area contributed by atoms with Gasteiger partial charge in [0.15, 0.2) is 0 Å². The summed E-state index contributed by atoms with van der Waals surface area (Å²) in [5.41, 5.74) is 3.06. The number of para-hydroxylation sites is 1. The largest absolute Gasteiger partial charge is 0.507 e. The van der Waals surface area contributed by atoms with E-state index >= 15 is 0 Å². The van der Waals surface area contributed by atoms with Crippen molar-refractivity contribution in [3.8, 4) is 28.4 Å². The Labute approximate surface area is 104 Å². The zero-order valence-corrected chi connectivity index (χ0v) is 9.54. The fourth-order valence-corrected chi connectivity index (χ4v) is 1.80. The lowest BCUT2D eigenvalue weighted by atomic mass is 10.1. The number of phenolic OH excluding ortho intramolecular Hbond substituents is 1. The molecular weight excluding hydrogens is 226 g/mol. The second kappa shape index (κ2) is 4.33. The predicted molar refractivity (Wildman–Crippen MR) is 68.9 cm³/mol. The van der Waals surface area contributed by atoms with Crippen LogP contribution in [0.1, 0.15) is 0 Å². The van der Waals surface area contributed by atoms with E-state index in [-0.39, 0.29) is 5.75 Å². The van der Waals surface area contributed by atoms with Crippen LogP contribution in [0.5, 0.6) is 5.75 Å². The van der Waals surface area contributed by atoms with Gasteiger partial charge in [-0.05, 0) is 30.3 Å². The number of nitrogens with one attached hydrogen (secondary N) is 1. The minimum absolute atomic E-state index is 0.219. The molecule has 88 valence electrons. The summed E-state index contributed by atoms with van der Waals surface area (Å²) < 4.78 is 0. The molecule has 0 unspecified atom stereocenters. The standard InChI is InChI=1S/C14H11N3O/c18-14-7-2-1-5-10(14)12-9-13(17-16-12)11-6-3-4-8-15-11/h1-9,18H,(H,16,17). The maximum Gasteiger partial charge on any atom is 0.125 e. The van der Waals surface area contributed by atoms with Gasteiger partial charge in [0.2, 0.25) is 0 Å². The van der Waals surface area contributed by atoms with Gasteiger partial charge in [-0.1, -0.05) is 18.2 Å². The van der Waals surface area contributed by atoms with Gasteiger partial charge in [-0.2, -0.15) is 5.10 Å². The number of aromatic hydroxyl groups is 1. The molecule has 0 saturated heterocycles. The topological polar surface area (TPSA) is 61.8 Å². The van der Waals surface area contributed by atoms with E-state index in [1.54, 1.807) is 18.3 Å². The van der Waals surface area contributed by atoms with Gasteiger partial charge in [0.25, 0.3) is 0 Å². The van der Waals surface area contributed by atoms with E-state index in [4.69, 9.17) is 0 Å². The molecule has 4 nitrogen and oxygen atoms in total. The normalized spacial score (nSPS) is 10.4. The molecule has 0 bridgehead atoms. The Morgan fingerprint density at radius 3 is 2.56 bits per heavy atom. The summed E-state index contributed by atoms with van der Waals surface area (Å²) in [6.45, 7) is 0. The van der Waals surface area contributed by atoms with E-state index in [1.165, 1.54) is 0 Å². The third-order valence-corrected chi connectivity index (χ3v) is 2.70. The maximum absolute atomic E-state index is 9.77. The number of hydrogen-bond acceptors (Lipinski definition) is 3. The summed E-state index contributed by atoms with van der Waals surface area (Å²) in [6, 6.07) is 14.7. The van der Waals surface area contributed by atoms with Crippen molar-refractivity contribution in [2.75, 3.05) is 0 Å². The number of nitrogens with zero attached hydrogens (tertiary/aromatic N) is 2. The summed E-state index contributed by atoms with van der Waals surface area (Å²) in [4.78, 5) is 4.24. The average Bonchev–Trinajstić information content (AvgIpc) is 2.90. The molecular formula is C14H11N3O. The van der Waals surface area contributed by atoms with Gasteiger partial charge >= 0.3 is 0 Å². The minimum atomic E-state index is 0.219. The lowest BCUT2D eigenvalue weighted by Gasteiger charge is -1.98. The number of rotatable bonds is 2. The van der Waals surface area contributed by atoms with Crippen molar-refractivity contribution in [2.45, 2.75) is 0 Å². The summed E-state index contributed by atoms with van der Waals surface area (Å²) in [6.07, 6.45) is 1.73. The van der Waals surface area contributed by atoms with Crippen LogP contribution in [0.2, 0.25) is 0 Å². The fraction of sp³-hybridized carbons (Fsp3) is 0. The Morgan fingerprint density at radius 2 is 1.78 bits per heavy atom. The fourth-order valence-electron chi connectivity index (χ4n) is 1.80. The highest BCUT2D eigenvalue weighted by Crippen LogP contribution is 2.29.